The summed E-state index contributed by atoms with van der Waals surface area (Å²) in [5, 5.41) is 12.4. The van der Waals surface area contributed by atoms with E-state index in [-0.39, 0.29) is 10.6 Å². The largest absolute Gasteiger partial charge is 0.362 e. The fraction of sp³-hybridized carbons (Fsp3) is 0.611. The van der Waals surface area contributed by atoms with Crippen LogP contribution >= 0.6 is 11.6 Å². The van der Waals surface area contributed by atoms with Crippen LogP contribution in [0.25, 0.3) is 0 Å². The quantitative estimate of drug-likeness (QED) is 0.398. The van der Waals surface area contributed by atoms with Crippen molar-refractivity contribution in [1.82, 2.24) is 14.8 Å². The maximum Gasteiger partial charge on any atom is 0.319 e. The molecule has 2 unspecified atom stereocenters. The minimum atomic E-state index is -0.903. The lowest BCUT2D eigenvalue weighted by molar-refractivity contribution is -0.441. The second kappa shape index (κ2) is 8.00. The Hall–Kier alpha value is -1.90. The Bertz CT molecular complexity index is 727. The summed E-state index contributed by atoms with van der Waals surface area (Å²) in [6, 6.07) is 3.61. The Balaban J connectivity index is 2.02. The number of aromatic nitrogens is 1. The molecule has 1 fully saturated rings. The van der Waals surface area contributed by atoms with E-state index in [0.717, 1.165) is 12.0 Å². The smallest absolute Gasteiger partial charge is 0.319 e. The highest BCUT2D eigenvalue weighted by molar-refractivity contribution is 6.29. The Morgan fingerprint density at radius 1 is 1.37 bits per heavy atom. The van der Waals surface area contributed by atoms with Gasteiger partial charge >= 0.3 is 5.70 Å². The van der Waals surface area contributed by atoms with E-state index in [4.69, 9.17) is 21.1 Å². The van der Waals surface area contributed by atoms with Crippen molar-refractivity contribution in [2.24, 2.45) is 0 Å². The van der Waals surface area contributed by atoms with Crippen molar-refractivity contribution in [3.05, 3.63) is 50.7 Å². The van der Waals surface area contributed by atoms with Gasteiger partial charge in [-0.25, -0.2) is 4.98 Å². The highest BCUT2D eigenvalue weighted by Crippen LogP contribution is 2.44. The van der Waals surface area contributed by atoms with Crippen molar-refractivity contribution in [2.75, 3.05) is 26.3 Å². The molecule has 27 heavy (non-hydrogen) atoms. The first-order chi connectivity index (χ1) is 12.9. The molecule has 0 aromatic carbocycles. The summed E-state index contributed by atoms with van der Waals surface area (Å²) in [6.07, 6.45) is 1.82. The molecule has 8 nitrogen and oxygen atoms in total. The van der Waals surface area contributed by atoms with Crippen LogP contribution in [0.2, 0.25) is 5.15 Å². The fourth-order valence-corrected chi connectivity index (χ4v) is 4.06. The SMILES string of the molecule is CCOC1C([N+](=O)[O-])=C2N(Cc3ccc(Cl)nc3)CCCN2C1(C)OCC. The molecule has 1 aromatic heterocycles. The maximum atomic E-state index is 12.0. The van der Waals surface area contributed by atoms with Gasteiger partial charge in [-0.3, -0.25) is 10.1 Å². The Labute approximate surface area is 163 Å². The zero-order valence-corrected chi connectivity index (χ0v) is 16.6. The average molecular weight is 397 g/mol. The van der Waals surface area contributed by atoms with Gasteiger partial charge in [0.1, 0.15) is 5.15 Å². The minimum absolute atomic E-state index is 0.0643. The molecule has 1 aromatic rings. The number of halogens is 1. The monoisotopic (exact) mass is 396 g/mol. The molecule has 0 N–H and O–H groups in total. The standard InChI is InChI=1S/C18H25ClN4O4/c1-4-26-16-15(23(24)25)17-21(12-13-7-8-14(19)20-11-13)9-6-10-22(17)18(16,3)27-5-2/h7-8,11,16H,4-6,9-10,12H2,1-3H3. The number of rotatable bonds is 7. The number of pyridine rings is 1. The molecular formula is C18H25ClN4O4. The minimum Gasteiger partial charge on any atom is -0.362 e. The van der Waals surface area contributed by atoms with E-state index in [1.165, 1.54) is 0 Å². The van der Waals surface area contributed by atoms with Gasteiger partial charge in [0, 0.05) is 39.0 Å². The lowest BCUT2D eigenvalue weighted by Gasteiger charge is -2.45. The van der Waals surface area contributed by atoms with Gasteiger partial charge in [0.05, 0.1) is 4.92 Å². The van der Waals surface area contributed by atoms with Gasteiger partial charge in [-0.1, -0.05) is 17.7 Å². The van der Waals surface area contributed by atoms with Crippen LogP contribution < -0.4 is 0 Å². The number of ether oxygens (including phenoxy) is 2. The first-order valence-corrected chi connectivity index (χ1v) is 9.57. The first-order valence-electron chi connectivity index (χ1n) is 9.19. The van der Waals surface area contributed by atoms with Gasteiger partial charge in [0.25, 0.3) is 0 Å². The zero-order valence-electron chi connectivity index (χ0n) is 15.9. The molecule has 0 radical (unpaired) electrons. The first kappa shape index (κ1) is 19.9. The molecule has 9 heteroatoms. The third-order valence-electron chi connectivity index (χ3n) is 4.99. The lowest BCUT2D eigenvalue weighted by atomic mass is 10.1. The summed E-state index contributed by atoms with van der Waals surface area (Å²) < 4.78 is 11.8. The van der Waals surface area contributed by atoms with Gasteiger partial charge in [-0.05, 0) is 38.8 Å². The highest BCUT2D eigenvalue weighted by Gasteiger charge is 2.59. The van der Waals surface area contributed by atoms with Crippen molar-refractivity contribution in [3.8, 4) is 0 Å². The van der Waals surface area contributed by atoms with Crippen LogP contribution in [-0.2, 0) is 16.0 Å². The molecule has 0 bridgehead atoms. The molecule has 2 aliphatic heterocycles. The second-order valence-electron chi connectivity index (χ2n) is 6.70. The van der Waals surface area contributed by atoms with Crippen molar-refractivity contribution in [1.29, 1.82) is 0 Å². The van der Waals surface area contributed by atoms with E-state index in [0.29, 0.717) is 43.8 Å². The van der Waals surface area contributed by atoms with Crippen molar-refractivity contribution < 1.29 is 14.4 Å². The van der Waals surface area contributed by atoms with Gasteiger partial charge in [0.2, 0.25) is 0 Å². The van der Waals surface area contributed by atoms with Crippen LogP contribution in [0, 0.1) is 10.1 Å². The number of hydrogen-bond acceptors (Lipinski definition) is 7. The molecule has 3 rings (SSSR count). The molecule has 0 aliphatic carbocycles. The predicted octanol–water partition coefficient (Wildman–Crippen LogP) is 2.86. The Kier molecular flexibility index (Phi) is 5.88. The topological polar surface area (TPSA) is 81.0 Å². The fourth-order valence-electron chi connectivity index (χ4n) is 3.94. The van der Waals surface area contributed by atoms with Crippen LogP contribution in [0.3, 0.4) is 0 Å². The highest BCUT2D eigenvalue weighted by atomic mass is 35.5. The zero-order chi connectivity index (χ0) is 19.6. The summed E-state index contributed by atoms with van der Waals surface area (Å²) in [5.41, 5.74) is 0.100. The van der Waals surface area contributed by atoms with E-state index in [9.17, 15) is 10.1 Å². The van der Waals surface area contributed by atoms with Crippen molar-refractivity contribution in [3.63, 3.8) is 0 Å². The summed E-state index contributed by atoms with van der Waals surface area (Å²) in [5.74, 6) is 0.579. The number of fused-ring (bicyclic) bond motifs is 1. The molecular weight excluding hydrogens is 372 g/mol. The molecule has 2 aliphatic rings. The predicted molar refractivity (Wildman–Crippen MR) is 100 cm³/mol. The van der Waals surface area contributed by atoms with Crippen molar-refractivity contribution in [2.45, 2.75) is 45.6 Å². The summed E-state index contributed by atoms with van der Waals surface area (Å²) in [6.45, 7) is 8.31. The van der Waals surface area contributed by atoms with E-state index in [1.54, 1.807) is 12.3 Å². The third kappa shape index (κ3) is 3.61. The average Bonchev–Trinajstić information content (AvgIpc) is 2.88. The van der Waals surface area contributed by atoms with Crippen LogP contribution in [0.5, 0.6) is 0 Å². The lowest BCUT2D eigenvalue weighted by Crippen LogP contribution is -2.56. The normalized spacial score (nSPS) is 25.1. The van der Waals surface area contributed by atoms with Crippen LogP contribution in [-0.4, -0.2) is 57.8 Å². The molecule has 148 valence electrons. The second-order valence-corrected chi connectivity index (χ2v) is 7.09. The van der Waals surface area contributed by atoms with Crippen LogP contribution in [0.1, 0.15) is 32.8 Å². The Morgan fingerprint density at radius 3 is 2.74 bits per heavy atom. The number of hydrogen-bond donors (Lipinski definition) is 0. The molecule has 2 atom stereocenters. The molecule has 1 saturated heterocycles. The summed E-state index contributed by atoms with van der Waals surface area (Å²) in [4.78, 5) is 19.8. The number of nitro groups is 1. The van der Waals surface area contributed by atoms with Crippen molar-refractivity contribution >= 4 is 11.6 Å². The number of nitrogens with zero attached hydrogens (tertiary/aromatic N) is 4. The van der Waals surface area contributed by atoms with Gasteiger partial charge in [-0.15, -0.1) is 0 Å². The van der Waals surface area contributed by atoms with Crippen LogP contribution in [0.15, 0.2) is 29.8 Å². The molecule has 0 spiro atoms. The third-order valence-corrected chi connectivity index (χ3v) is 5.22. The van der Waals surface area contributed by atoms with E-state index < -0.39 is 11.8 Å². The summed E-state index contributed by atoms with van der Waals surface area (Å²) >= 11 is 5.87. The van der Waals surface area contributed by atoms with Gasteiger partial charge in [-0.2, -0.15) is 0 Å². The van der Waals surface area contributed by atoms with Crippen LogP contribution in [0.4, 0.5) is 0 Å². The maximum absolute atomic E-state index is 12.0. The molecule has 0 amide bonds. The molecule has 0 saturated carbocycles. The summed E-state index contributed by atoms with van der Waals surface area (Å²) in [7, 11) is 0. The van der Waals surface area contributed by atoms with Gasteiger partial charge in [0.15, 0.2) is 17.6 Å². The Morgan fingerprint density at radius 2 is 2.15 bits per heavy atom. The van der Waals surface area contributed by atoms with E-state index in [2.05, 4.69) is 4.98 Å². The van der Waals surface area contributed by atoms with E-state index in [1.807, 2.05) is 36.6 Å². The molecule has 3 heterocycles. The van der Waals surface area contributed by atoms with Gasteiger partial charge < -0.3 is 19.3 Å². The van der Waals surface area contributed by atoms with E-state index >= 15 is 0 Å².